The highest BCUT2D eigenvalue weighted by molar-refractivity contribution is 5.82. The molecule has 0 aromatic heterocycles. The van der Waals surface area contributed by atoms with Crippen molar-refractivity contribution >= 4 is 17.2 Å². The molecule has 0 aliphatic heterocycles. The van der Waals surface area contributed by atoms with Crippen molar-refractivity contribution in [2.75, 3.05) is 38.0 Å². The van der Waals surface area contributed by atoms with Gasteiger partial charge in [-0.15, -0.1) is 0 Å². The van der Waals surface area contributed by atoms with Crippen LogP contribution in [0.3, 0.4) is 0 Å². The molecule has 0 atom stereocenters. The van der Waals surface area contributed by atoms with Gasteiger partial charge in [0, 0.05) is 52.4 Å². The summed E-state index contributed by atoms with van der Waals surface area (Å²) in [5.74, 6) is 0.287. The predicted molar refractivity (Wildman–Crippen MR) is 98.6 cm³/mol. The summed E-state index contributed by atoms with van der Waals surface area (Å²) >= 11 is 0. The summed E-state index contributed by atoms with van der Waals surface area (Å²) in [5, 5.41) is 0. The highest BCUT2D eigenvalue weighted by Crippen LogP contribution is 2.29. The average Bonchev–Trinajstić information content (AvgIpc) is 2.53. The quantitative estimate of drug-likeness (QED) is 0.781. The number of hydrogen-bond acceptors (Lipinski definition) is 3. The van der Waals surface area contributed by atoms with E-state index in [2.05, 4.69) is 28.0 Å². The molecule has 0 aliphatic carbocycles. The summed E-state index contributed by atoms with van der Waals surface area (Å²) in [6.45, 7) is 0. The van der Waals surface area contributed by atoms with Crippen LogP contribution in [0, 0.1) is 0 Å². The summed E-state index contributed by atoms with van der Waals surface area (Å²) in [5.41, 5.74) is 4.70. The maximum Gasteiger partial charge on any atom is 0.137 e. The second kappa shape index (κ2) is 7.82. The number of carbonyl (C=O) groups excluding carboxylic acids is 1. The summed E-state index contributed by atoms with van der Waals surface area (Å²) in [6, 6.07) is 16.3. The molecule has 122 valence electrons. The molecule has 0 saturated carbocycles. The normalized spacial score (nSPS) is 10.4. The maximum absolute atomic E-state index is 12.3. The van der Waals surface area contributed by atoms with Gasteiger partial charge in [0.1, 0.15) is 5.78 Å². The van der Waals surface area contributed by atoms with Gasteiger partial charge in [-0.25, -0.2) is 0 Å². The lowest BCUT2D eigenvalue weighted by molar-refractivity contribution is -0.118. The Morgan fingerprint density at radius 3 is 1.91 bits per heavy atom. The van der Waals surface area contributed by atoms with Crippen molar-refractivity contribution in [1.82, 2.24) is 0 Å². The van der Waals surface area contributed by atoms with Gasteiger partial charge in [0.15, 0.2) is 0 Å². The van der Waals surface area contributed by atoms with Crippen LogP contribution < -0.4 is 9.80 Å². The SMILES string of the molecule is CN(C)c1cccc(N(C)C)c1CCC(=O)Cc1ccccc1. The molecule has 0 heterocycles. The van der Waals surface area contributed by atoms with Crippen LogP contribution in [0.2, 0.25) is 0 Å². The molecule has 0 aliphatic rings. The molecule has 0 amide bonds. The van der Waals surface area contributed by atoms with Gasteiger partial charge in [-0.1, -0.05) is 36.4 Å². The Morgan fingerprint density at radius 1 is 0.826 bits per heavy atom. The van der Waals surface area contributed by atoms with Gasteiger partial charge in [-0.3, -0.25) is 4.79 Å². The molecule has 2 aromatic carbocycles. The second-order valence-electron chi connectivity index (χ2n) is 6.26. The van der Waals surface area contributed by atoms with Crippen LogP contribution in [0.25, 0.3) is 0 Å². The zero-order chi connectivity index (χ0) is 16.8. The Kier molecular flexibility index (Phi) is 5.80. The Balaban J connectivity index is 2.11. The number of ketones is 1. The van der Waals surface area contributed by atoms with Gasteiger partial charge >= 0.3 is 0 Å². The third-order valence-corrected chi connectivity index (χ3v) is 3.99. The van der Waals surface area contributed by atoms with E-state index in [1.807, 2.05) is 58.5 Å². The molecule has 23 heavy (non-hydrogen) atoms. The van der Waals surface area contributed by atoms with Crippen molar-refractivity contribution < 1.29 is 4.79 Å². The first-order chi connectivity index (χ1) is 11.0. The van der Waals surface area contributed by atoms with E-state index in [1.165, 1.54) is 16.9 Å². The number of rotatable bonds is 7. The van der Waals surface area contributed by atoms with Gasteiger partial charge in [-0.05, 0) is 29.7 Å². The molecule has 0 N–H and O–H groups in total. The van der Waals surface area contributed by atoms with Crippen LogP contribution >= 0.6 is 0 Å². The minimum Gasteiger partial charge on any atom is -0.377 e. The smallest absolute Gasteiger partial charge is 0.137 e. The molecule has 2 rings (SSSR count). The zero-order valence-electron chi connectivity index (χ0n) is 14.5. The second-order valence-corrected chi connectivity index (χ2v) is 6.26. The van der Waals surface area contributed by atoms with Crippen LogP contribution in [-0.4, -0.2) is 34.0 Å². The van der Waals surface area contributed by atoms with E-state index < -0.39 is 0 Å². The number of Topliss-reactive ketones (excluding diaryl/α,β-unsaturated/α-hetero) is 1. The monoisotopic (exact) mass is 310 g/mol. The highest BCUT2D eigenvalue weighted by atomic mass is 16.1. The topological polar surface area (TPSA) is 23.6 Å². The fourth-order valence-corrected chi connectivity index (χ4v) is 2.83. The number of hydrogen-bond donors (Lipinski definition) is 0. The zero-order valence-corrected chi connectivity index (χ0v) is 14.5. The highest BCUT2D eigenvalue weighted by Gasteiger charge is 2.13. The average molecular weight is 310 g/mol. The Labute approximate surface area is 139 Å². The van der Waals surface area contributed by atoms with E-state index in [4.69, 9.17) is 0 Å². The van der Waals surface area contributed by atoms with Gasteiger partial charge in [0.05, 0.1) is 0 Å². The number of anilines is 2. The first-order valence-electron chi connectivity index (χ1n) is 8.01. The minimum absolute atomic E-state index is 0.287. The Hall–Kier alpha value is -2.29. The summed E-state index contributed by atoms with van der Waals surface area (Å²) in [6.07, 6.45) is 1.86. The van der Waals surface area contributed by atoms with E-state index in [1.54, 1.807) is 0 Å². The molecular formula is C20H26N2O. The fraction of sp³-hybridized carbons (Fsp3) is 0.350. The lowest BCUT2D eigenvalue weighted by atomic mass is 9.99. The van der Waals surface area contributed by atoms with Crippen molar-refractivity contribution in [3.8, 4) is 0 Å². The first kappa shape index (κ1) is 17.1. The van der Waals surface area contributed by atoms with E-state index in [-0.39, 0.29) is 5.78 Å². The number of carbonyl (C=O) groups is 1. The van der Waals surface area contributed by atoms with E-state index in [0.29, 0.717) is 12.8 Å². The van der Waals surface area contributed by atoms with E-state index >= 15 is 0 Å². The number of nitrogens with zero attached hydrogens (tertiary/aromatic N) is 2. The third kappa shape index (κ3) is 4.59. The molecule has 0 bridgehead atoms. The van der Waals surface area contributed by atoms with Gasteiger partial charge < -0.3 is 9.80 Å². The van der Waals surface area contributed by atoms with E-state index in [9.17, 15) is 4.79 Å². The first-order valence-corrected chi connectivity index (χ1v) is 8.01. The van der Waals surface area contributed by atoms with Crippen LogP contribution in [-0.2, 0) is 17.6 Å². The molecule has 3 heteroatoms. The summed E-state index contributed by atoms with van der Waals surface area (Å²) < 4.78 is 0. The van der Waals surface area contributed by atoms with Crippen LogP contribution in [0.15, 0.2) is 48.5 Å². The van der Waals surface area contributed by atoms with Crippen LogP contribution in [0.5, 0.6) is 0 Å². The van der Waals surface area contributed by atoms with Gasteiger partial charge in [0.25, 0.3) is 0 Å². The van der Waals surface area contributed by atoms with Gasteiger partial charge in [-0.2, -0.15) is 0 Å². The largest absolute Gasteiger partial charge is 0.377 e. The molecule has 0 fully saturated rings. The maximum atomic E-state index is 12.3. The van der Waals surface area contributed by atoms with Crippen molar-refractivity contribution in [3.63, 3.8) is 0 Å². The molecule has 0 radical (unpaired) electrons. The van der Waals surface area contributed by atoms with Crippen LogP contribution in [0.1, 0.15) is 17.5 Å². The lowest BCUT2D eigenvalue weighted by Gasteiger charge is -2.24. The van der Waals surface area contributed by atoms with Crippen molar-refractivity contribution in [3.05, 3.63) is 59.7 Å². The lowest BCUT2D eigenvalue weighted by Crippen LogP contribution is -2.17. The molecule has 0 unspecified atom stereocenters. The molecule has 0 spiro atoms. The van der Waals surface area contributed by atoms with Crippen LogP contribution in [0.4, 0.5) is 11.4 Å². The minimum atomic E-state index is 0.287. The fourth-order valence-electron chi connectivity index (χ4n) is 2.83. The molecular weight excluding hydrogens is 284 g/mol. The summed E-state index contributed by atoms with van der Waals surface area (Å²) in [7, 11) is 8.18. The van der Waals surface area contributed by atoms with E-state index in [0.717, 1.165) is 12.0 Å². The van der Waals surface area contributed by atoms with Crippen molar-refractivity contribution in [2.45, 2.75) is 19.3 Å². The summed E-state index contributed by atoms with van der Waals surface area (Å²) in [4.78, 5) is 16.6. The molecule has 2 aromatic rings. The van der Waals surface area contributed by atoms with Crippen molar-refractivity contribution in [1.29, 1.82) is 0 Å². The molecule has 0 saturated heterocycles. The number of benzene rings is 2. The van der Waals surface area contributed by atoms with Gasteiger partial charge in [0.2, 0.25) is 0 Å². The van der Waals surface area contributed by atoms with Crippen molar-refractivity contribution in [2.24, 2.45) is 0 Å². The molecule has 3 nitrogen and oxygen atoms in total. The third-order valence-electron chi connectivity index (χ3n) is 3.99. The predicted octanol–water partition coefficient (Wildman–Crippen LogP) is 3.56. The standard InChI is InChI=1S/C20H26N2O/c1-21(2)19-11-8-12-20(22(3)4)18(19)14-13-17(23)15-16-9-6-5-7-10-16/h5-12H,13-15H2,1-4H3. The Bertz CT molecular complexity index is 622. The Morgan fingerprint density at radius 2 is 1.39 bits per heavy atom.